The molecular formula is C46H65N7O15S4. The van der Waals surface area contributed by atoms with Gasteiger partial charge in [0.2, 0.25) is 12.1 Å². The number of aliphatic hydroxyl groups excluding tert-OH is 5. The summed E-state index contributed by atoms with van der Waals surface area (Å²) in [7, 11) is 5.82. The zero-order valence-electron chi connectivity index (χ0n) is 39.7. The van der Waals surface area contributed by atoms with Crippen LogP contribution in [0.1, 0.15) is 39.5 Å². The maximum absolute atomic E-state index is 15.1. The Hall–Kier alpha value is -3.66. The quantitative estimate of drug-likeness (QED) is 0.0140. The van der Waals surface area contributed by atoms with Gasteiger partial charge < -0.3 is 92.0 Å². The lowest BCUT2D eigenvalue weighted by molar-refractivity contribution is -0.413. The van der Waals surface area contributed by atoms with Gasteiger partial charge in [0.25, 0.3) is 0 Å². The van der Waals surface area contributed by atoms with E-state index in [1.165, 1.54) is 55.6 Å². The zero-order valence-corrected chi connectivity index (χ0v) is 43.0. The van der Waals surface area contributed by atoms with E-state index < -0.39 is 102 Å². The lowest BCUT2D eigenvalue weighted by atomic mass is 9.77. The van der Waals surface area contributed by atoms with Crippen molar-refractivity contribution in [1.29, 1.82) is 0 Å². The van der Waals surface area contributed by atoms with Crippen LogP contribution in [-0.4, -0.2) is 192 Å². The van der Waals surface area contributed by atoms with Crippen molar-refractivity contribution in [3.05, 3.63) is 58.7 Å². The van der Waals surface area contributed by atoms with Crippen molar-refractivity contribution < 1.29 is 74.1 Å². The number of aliphatic carboxylic acids is 1. The summed E-state index contributed by atoms with van der Waals surface area (Å²) < 4.78 is 30.1. The number of carboxylic acids is 1. The summed E-state index contributed by atoms with van der Waals surface area (Å²) in [5.74, 6) is -0.301. The van der Waals surface area contributed by atoms with Gasteiger partial charge in [-0.15, -0.1) is 0 Å². The van der Waals surface area contributed by atoms with Crippen LogP contribution >= 0.6 is 43.2 Å². The first kappa shape index (κ1) is 56.1. The van der Waals surface area contributed by atoms with Crippen LogP contribution in [0.3, 0.4) is 0 Å². The first-order valence-corrected chi connectivity index (χ1v) is 28.3. The van der Waals surface area contributed by atoms with Crippen molar-refractivity contribution in [2.75, 3.05) is 57.6 Å². The van der Waals surface area contributed by atoms with E-state index in [4.69, 9.17) is 40.9 Å². The number of allylic oxidation sites excluding steroid dienone is 1. The Morgan fingerprint density at radius 1 is 1.07 bits per heavy atom. The smallest absolute Gasteiger partial charge is 0.339 e. The lowest BCUT2D eigenvalue weighted by Crippen LogP contribution is -2.69. The molecular weight excluding hydrogens is 1020 g/mol. The fourth-order valence-electron chi connectivity index (χ4n) is 9.79. The molecule has 398 valence electrons. The van der Waals surface area contributed by atoms with Crippen LogP contribution in [0.25, 0.3) is 0 Å². The lowest BCUT2D eigenvalue weighted by Gasteiger charge is -2.48. The molecule has 0 aromatic heterocycles. The largest absolute Gasteiger partial charge is 0.478 e. The van der Waals surface area contributed by atoms with Crippen LogP contribution in [0.4, 0.5) is 0 Å². The highest BCUT2D eigenvalue weighted by Gasteiger charge is 2.58. The van der Waals surface area contributed by atoms with Gasteiger partial charge in [0.1, 0.15) is 23.1 Å². The minimum Gasteiger partial charge on any atom is -0.478 e. The molecule has 1 saturated heterocycles. The van der Waals surface area contributed by atoms with Crippen LogP contribution < -0.4 is 22.5 Å². The molecule has 13 atom stereocenters. The van der Waals surface area contributed by atoms with Crippen LogP contribution in [0, 0.1) is 35.5 Å². The number of carbonyl (C=O) groups excluding carboxylic acids is 1. The maximum atomic E-state index is 15.1. The van der Waals surface area contributed by atoms with Crippen molar-refractivity contribution in [3.63, 3.8) is 0 Å². The van der Waals surface area contributed by atoms with Crippen LogP contribution in [0.2, 0.25) is 0 Å². The molecule has 0 aromatic carbocycles. The van der Waals surface area contributed by atoms with E-state index >= 15 is 4.79 Å². The van der Waals surface area contributed by atoms with Crippen molar-refractivity contribution in [2.24, 2.45) is 50.9 Å². The molecule has 0 radical (unpaired) electrons. The summed E-state index contributed by atoms with van der Waals surface area (Å²) in [6.07, 6.45) is -0.340. The second-order valence-electron chi connectivity index (χ2n) is 18.5. The Bertz CT molecular complexity index is 2270. The number of rotatable bonds is 15. The number of esters is 1. The topological polar surface area (TPSA) is 360 Å². The molecule has 6 heterocycles. The third-order valence-corrected chi connectivity index (χ3v) is 19.5. The van der Waals surface area contributed by atoms with Gasteiger partial charge in [-0.05, 0) is 57.1 Å². The number of fused-ring (bicyclic) bond motifs is 3. The second-order valence-corrected chi connectivity index (χ2v) is 23.7. The van der Waals surface area contributed by atoms with Crippen molar-refractivity contribution in [3.8, 4) is 11.8 Å². The minimum atomic E-state index is -3.00. The number of aliphatic hydroxyl groups is 7. The van der Waals surface area contributed by atoms with Gasteiger partial charge in [-0.3, -0.25) is 9.98 Å². The highest BCUT2D eigenvalue weighted by molar-refractivity contribution is 8.79. The number of aliphatic imine (C=N–C) groups is 2. The monoisotopic (exact) mass is 1080 g/mol. The summed E-state index contributed by atoms with van der Waals surface area (Å²) >= 11 is 0. The Morgan fingerprint density at radius 2 is 1.86 bits per heavy atom. The first-order valence-electron chi connectivity index (χ1n) is 23.6. The highest BCUT2D eigenvalue weighted by Crippen LogP contribution is 2.53. The van der Waals surface area contributed by atoms with Gasteiger partial charge in [-0.1, -0.05) is 67.2 Å². The van der Waals surface area contributed by atoms with Crippen molar-refractivity contribution in [2.45, 2.75) is 104 Å². The average Bonchev–Trinajstić information content (AvgIpc) is 3.71. The van der Waals surface area contributed by atoms with Crippen molar-refractivity contribution >= 4 is 67.0 Å². The number of carbonyl (C=O) groups is 2. The number of hydrogen-bond donors (Lipinski definition) is 12. The molecule has 72 heavy (non-hydrogen) atoms. The molecule has 7 rings (SSSR count). The number of carboxylic acid groups (broad SMARTS) is 1. The molecule has 0 amide bonds. The predicted molar refractivity (Wildman–Crippen MR) is 272 cm³/mol. The van der Waals surface area contributed by atoms with E-state index in [0.717, 1.165) is 0 Å². The Kier molecular flexibility index (Phi) is 19.3. The maximum Gasteiger partial charge on any atom is 0.339 e. The summed E-state index contributed by atoms with van der Waals surface area (Å²) in [4.78, 5) is 39.0. The first-order chi connectivity index (χ1) is 34.5. The molecule has 1 aliphatic carbocycles. The summed E-state index contributed by atoms with van der Waals surface area (Å²) in [6.45, 7) is 1.85. The van der Waals surface area contributed by atoms with Gasteiger partial charge in [0.15, 0.2) is 24.3 Å². The van der Waals surface area contributed by atoms with E-state index in [1.807, 2.05) is 6.08 Å². The molecule has 26 heteroatoms. The normalized spacial score (nSPS) is 35.8. The molecule has 22 nitrogen and oxygen atoms in total. The summed E-state index contributed by atoms with van der Waals surface area (Å²) in [5, 5.41) is 88.9. The molecule has 0 unspecified atom stereocenters. The number of hydrogen-bond acceptors (Lipinski definition) is 21. The molecule has 2 fully saturated rings. The highest BCUT2D eigenvalue weighted by atomic mass is 33.1. The third kappa shape index (κ3) is 12.4. The number of nitrogens with one attached hydrogen (secondary N) is 1. The number of guanidine groups is 2. The van der Waals surface area contributed by atoms with Gasteiger partial charge in [0.05, 0.1) is 59.6 Å². The molecule has 6 aliphatic heterocycles. The summed E-state index contributed by atoms with van der Waals surface area (Å²) in [6, 6.07) is -0.799. The Labute approximate surface area is 432 Å². The van der Waals surface area contributed by atoms with E-state index in [0.29, 0.717) is 29.9 Å². The SMILES string of the molecule is CC(C)O[C@H]1[C@H](O[C@@H]2OC=C3C(=O)O[C@@H]4CC[C@@H](CO)[C@@H]4CSS[C@H]4[C@H](CO)N5C=C(C(=O)O)C(NC(N)=NCCCO)=C(/C=C6\C#C[C@]4(CCN=C(N)N)SSC/C=C/[C@@H]2[C@@H]36)C5)O[C@H](CO)[C@@H](O)C1(O)O. The zero-order chi connectivity index (χ0) is 51.9. The second kappa shape index (κ2) is 24.8. The van der Waals surface area contributed by atoms with Crippen LogP contribution in [0.15, 0.2) is 68.7 Å². The van der Waals surface area contributed by atoms with E-state index in [1.54, 1.807) is 30.9 Å². The standard InChI is InChI=1S/C46H65N7O15S4/c1-23(2)65-37-42(67-33(20-57)36(58)46(37,62)63)68-41-27-5-3-14-69-72-45(10-12-50-43(47)48)9-8-24-15-26-16-53(17-28(39(59)60)35(26)52-44(49)51-11-4-13-54)31(19-56)38(45)71-70-22-30-25(18-55)6-7-32(30)66-40(61)29(21-64-41)34(24)27/h3,5,15,17,21,23,25,27,30-34,36-38,41-42,54-58,62-63H,4,6-7,10-14,16,18-20,22H2,1-2H3,(H,59,60)(H4,47,48,50)(H3,49,51,52)/b5-3+,24-15+/t25-,27+,30-,31-,32+,33+,34-,36+,37-,38-,41-,42-,45+/m0/s1. The molecule has 15 N–H and O–H groups in total. The molecule has 6 bridgehead atoms. The molecule has 0 spiro atoms. The minimum absolute atomic E-state index is 0.00782. The number of ether oxygens (including phenoxy) is 5. The number of nitrogens with two attached hydrogens (primary N) is 3. The Balaban J connectivity index is 1.52. The number of nitrogens with zero attached hydrogens (tertiary/aromatic N) is 3. The van der Waals surface area contributed by atoms with Gasteiger partial charge >= 0.3 is 11.9 Å². The van der Waals surface area contributed by atoms with E-state index in [2.05, 4.69) is 27.1 Å². The van der Waals surface area contributed by atoms with E-state index in [9.17, 15) is 45.6 Å². The van der Waals surface area contributed by atoms with Gasteiger partial charge in [0, 0.05) is 68.0 Å². The third-order valence-electron chi connectivity index (χ3n) is 13.4. The Morgan fingerprint density at radius 3 is 2.56 bits per heavy atom. The fourth-order valence-corrected chi connectivity index (χ4v) is 16.8. The van der Waals surface area contributed by atoms with Crippen LogP contribution in [-0.2, 0) is 33.3 Å². The fraction of sp³-hybridized carbons (Fsp3) is 0.652. The van der Waals surface area contributed by atoms with Gasteiger partial charge in [-0.2, -0.15) is 0 Å². The molecule has 1 saturated carbocycles. The average molecular weight is 1080 g/mol. The van der Waals surface area contributed by atoms with E-state index in [-0.39, 0.29) is 91.9 Å². The molecule has 7 aliphatic rings. The summed E-state index contributed by atoms with van der Waals surface area (Å²) in [5.41, 5.74) is 18.5. The van der Waals surface area contributed by atoms with Crippen LogP contribution in [0.5, 0.6) is 0 Å². The molecule has 0 aromatic rings. The van der Waals surface area contributed by atoms with Crippen molar-refractivity contribution in [1.82, 2.24) is 10.2 Å². The predicted octanol–water partition coefficient (Wildman–Crippen LogP) is -0.795. The van der Waals surface area contributed by atoms with Gasteiger partial charge in [-0.25, -0.2) is 9.59 Å².